The number of rotatable bonds is 7. The molecular formula is C24H32N2O3. The molecule has 2 aliphatic heterocycles. The lowest BCUT2D eigenvalue weighted by Crippen LogP contribution is -2.38. The molecule has 2 aliphatic rings. The summed E-state index contributed by atoms with van der Waals surface area (Å²) >= 11 is 0. The topological polar surface area (TPSA) is 45.2 Å². The Morgan fingerprint density at radius 1 is 0.931 bits per heavy atom. The summed E-state index contributed by atoms with van der Waals surface area (Å²) in [6, 6.07) is 16.8. The van der Waals surface area contributed by atoms with Crippen molar-refractivity contribution in [1.82, 2.24) is 9.80 Å². The van der Waals surface area contributed by atoms with Crippen LogP contribution in [0.5, 0.6) is 5.75 Å². The Morgan fingerprint density at radius 3 is 2.69 bits per heavy atom. The maximum absolute atomic E-state index is 10.6. The van der Waals surface area contributed by atoms with E-state index in [1.165, 1.54) is 16.7 Å². The molecule has 0 unspecified atom stereocenters. The molecular weight excluding hydrogens is 364 g/mol. The van der Waals surface area contributed by atoms with E-state index < -0.39 is 6.10 Å². The van der Waals surface area contributed by atoms with Crippen LogP contribution in [0, 0.1) is 0 Å². The summed E-state index contributed by atoms with van der Waals surface area (Å²) in [5.74, 6) is 0.876. The molecule has 156 valence electrons. The number of aliphatic hydroxyl groups is 1. The number of nitrogens with zero attached hydrogens (tertiary/aromatic N) is 2. The number of ether oxygens (including phenoxy) is 2. The summed E-state index contributed by atoms with van der Waals surface area (Å²) in [6.07, 6.45) is 1.62. The third kappa shape index (κ3) is 5.80. The molecule has 1 N–H and O–H groups in total. The van der Waals surface area contributed by atoms with Crippen LogP contribution in [0.2, 0.25) is 0 Å². The van der Waals surface area contributed by atoms with Gasteiger partial charge in [-0.25, -0.2) is 0 Å². The van der Waals surface area contributed by atoms with Gasteiger partial charge in [-0.15, -0.1) is 0 Å². The lowest BCUT2D eigenvalue weighted by atomic mass is 10.00. The van der Waals surface area contributed by atoms with E-state index in [2.05, 4.69) is 46.2 Å². The second-order valence-electron chi connectivity index (χ2n) is 8.07. The molecule has 0 aromatic heterocycles. The Kier molecular flexibility index (Phi) is 7.17. The van der Waals surface area contributed by atoms with Gasteiger partial charge in [0.2, 0.25) is 0 Å². The smallest absolute Gasteiger partial charge is 0.123 e. The van der Waals surface area contributed by atoms with Gasteiger partial charge in [0.15, 0.2) is 0 Å². The van der Waals surface area contributed by atoms with Gasteiger partial charge in [-0.2, -0.15) is 0 Å². The van der Waals surface area contributed by atoms with Crippen LogP contribution < -0.4 is 4.74 Å². The molecule has 0 saturated carbocycles. The molecule has 5 heteroatoms. The minimum atomic E-state index is -0.500. The summed E-state index contributed by atoms with van der Waals surface area (Å²) in [4.78, 5) is 4.73. The van der Waals surface area contributed by atoms with Crippen LogP contribution in [0.4, 0.5) is 0 Å². The van der Waals surface area contributed by atoms with Crippen LogP contribution in [0.3, 0.4) is 0 Å². The van der Waals surface area contributed by atoms with Gasteiger partial charge in [0.05, 0.1) is 6.61 Å². The van der Waals surface area contributed by atoms with Crippen molar-refractivity contribution in [3.63, 3.8) is 0 Å². The Bertz CT molecular complexity index is 774. The molecule has 0 aliphatic carbocycles. The van der Waals surface area contributed by atoms with Crippen molar-refractivity contribution < 1.29 is 14.6 Å². The maximum Gasteiger partial charge on any atom is 0.123 e. The fourth-order valence-corrected chi connectivity index (χ4v) is 4.22. The SMILES string of the molecule is O[C@H](COc1ccccc1CN1CCCOCC1)CN1CCc2ccccc2C1. The monoisotopic (exact) mass is 396 g/mol. The van der Waals surface area contributed by atoms with Crippen LogP contribution in [-0.4, -0.2) is 67.0 Å². The van der Waals surface area contributed by atoms with Crippen LogP contribution in [-0.2, 0) is 24.2 Å². The third-order valence-electron chi connectivity index (χ3n) is 5.79. The Labute approximate surface area is 173 Å². The Balaban J connectivity index is 1.29. The average molecular weight is 397 g/mol. The summed E-state index contributed by atoms with van der Waals surface area (Å²) < 4.78 is 11.6. The van der Waals surface area contributed by atoms with Crippen molar-refractivity contribution >= 4 is 0 Å². The summed E-state index contributed by atoms with van der Waals surface area (Å²) in [7, 11) is 0. The summed E-state index contributed by atoms with van der Waals surface area (Å²) in [5.41, 5.74) is 3.98. The molecule has 1 saturated heterocycles. The predicted octanol–water partition coefficient (Wildman–Crippen LogP) is 2.71. The summed E-state index contributed by atoms with van der Waals surface area (Å²) in [6.45, 7) is 7.35. The number of β-amino-alcohol motifs (C(OH)–C–C–N with tert-alkyl or cyclic N) is 1. The van der Waals surface area contributed by atoms with Crippen molar-refractivity contribution in [1.29, 1.82) is 0 Å². The lowest BCUT2D eigenvalue weighted by Gasteiger charge is -2.30. The zero-order valence-electron chi connectivity index (χ0n) is 17.1. The van der Waals surface area contributed by atoms with Crippen LogP contribution in [0.25, 0.3) is 0 Å². The van der Waals surface area contributed by atoms with Gasteiger partial charge in [0.1, 0.15) is 18.5 Å². The van der Waals surface area contributed by atoms with Gasteiger partial charge in [0.25, 0.3) is 0 Å². The molecule has 1 fully saturated rings. The van der Waals surface area contributed by atoms with Crippen molar-refractivity contribution in [2.45, 2.75) is 32.0 Å². The maximum atomic E-state index is 10.6. The molecule has 2 aromatic carbocycles. The average Bonchev–Trinajstić information content (AvgIpc) is 3.02. The van der Waals surface area contributed by atoms with E-state index in [9.17, 15) is 5.11 Å². The number of aliphatic hydroxyl groups excluding tert-OH is 1. The van der Waals surface area contributed by atoms with E-state index >= 15 is 0 Å². The fraction of sp³-hybridized carbons (Fsp3) is 0.500. The number of hydrogen-bond acceptors (Lipinski definition) is 5. The van der Waals surface area contributed by atoms with Crippen LogP contribution >= 0.6 is 0 Å². The highest BCUT2D eigenvalue weighted by Gasteiger charge is 2.19. The highest BCUT2D eigenvalue weighted by molar-refractivity contribution is 5.33. The van der Waals surface area contributed by atoms with Gasteiger partial charge in [-0.3, -0.25) is 9.80 Å². The molecule has 5 nitrogen and oxygen atoms in total. The normalized spacial score (nSPS) is 19.3. The molecule has 0 radical (unpaired) electrons. The lowest BCUT2D eigenvalue weighted by molar-refractivity contribution is 0.0631. The zero-order valence-corrected chi connectivity index (χ0v) is 17.1. The molecule has 0 bridgehead atoms. The fourth-order valence-electron chi connectivity index (χ4n) is 4.22. The molecule has 0 spiro atoms. The van der Waals surface area contributed by atoms with E-state index in [1.807, 2.05) is 12.1 Å². The number of benzene rings is 2. The first kappa shape index (κ1) is 20.4. The first-order valence-corrected chi connectivity index (χ1v) is 10.8. The number of para-hydroxylation sites is 1. The third-order valence-corrected chi connectivity index (χ3v) is 5.79. The van der Waals surface area contributed by atoms with Gasteiger partial charge < -0.3 is 14.6 Å². The van der Waals surface area contributed by atoms with Crippen molar-refractivity contribution in [2.24, 2.45) is 0 Å². The standard InChI is InChI=1S/C24H32N2O3/c27-23(18-26-12-10-20-6-1-2-7-21(20)16-26)19-29-24-9-4-3-8-22(24)17-25-11-5-14-28-15-13-25/h1-4,6-9,23,27H,5,10-19H2/t23-/m0/s1. The second-order valence-corrected chi connectivity index (χ2v) is 8.07. The highest BCUT2D eigenvalue weighted by Crippen LogP contribution is 2.22. The van der Waals surface area contributed by atoms with E-state index in [0.29, 0.717) is 13.2 Å². The van der Waals surface area contributed by atoms with Crippen molar-refractivity contribution in [3.05, 3.63) is 65.2 Å². The van der Waals surface area contributed by atoms with Crippen LogP contribution in [0.1, 0.15) is 23.1 Å². The van der Waals surface area contributed by atoms with Gasteiger partial charge in [0, 0.05) is 51.4 Å². The van der Waals surface area contributed by atoms with Gasteiger partial charge in [-0.1, -0.05) is 42.5 Å². The van der Waals surface area contributed by atoms with E-state index in [4.69, 9.17) is 9.47 Å². The van der Waals surface area contributed by atoms with Crippen molar-refractivity contribution in [3.8, 4) is 5.75 Å². The first-order valence-electron chi connectivity index (χ1n) is 10.8. The van der Waals surface area contributed by atoms with Crippen LogP contribution in [0.15, 0.2) is 48.5 Å². The molecule has 0 amide bonds. The number of fused-ring (bicyclic) bond motifs is 1. The molecule has 2 heterocycles. The first-order chi connectivity index (χ1) is 14.3. The van der Waals surface area contributed by atoms with Crippen molar-refractivity contribution in [2.75, 3.05) is 46.0 Å². The van der Waals surface area contributed by atoms with E-state index in [-0.39, 0.29) is 0 Å². The zero-order chi connectivity index (χ0) is 19.9. The quantitative estimate of drug-likeness (QED) is 0.780. The van der Waals surface area contributed by atoms with E-state index in [0.717, 1.165) is 64.5 Å². The minimum Gasteiger partial charge on any atom is -0.491 e. The second kappa shape index (κ2) is 10.2. The molecule has 1 atom stereocenters. The van der Waals surface area contributed by atoms with E-state index in [1.54, 1.807) is 0 Å². The predicted molar refractivity (Wildman–Crippen MR) is 114 cm³/mol. The Hall–Kier alpha value is -1.92. The summed E-state index contributed by atoms with van der Waals surface area (Å²) in [5, 5.41) is 10.6. The molecule has 4 rings (SSSR count). The Morgan fingerprint density at radius 2 is 1.76 bits per heavy atom. The highest BCUT2D eigenvalue weighted by atomic mass is 16.5. The van der Waals surface area contributed by atoms with Gasteiger partial charge in [-0.05, 0) is 30.0 Å². The largest absolute Gasteiger partial charge is 0.491 e. The van der Waals surface area contributed by atoms with Gasteiger partial charge >= 0.3 is 0 Å². The molecule has 29 heavy (non-hydrogen) atoms. The molecule has 2 aromatic rings. The number of hydrogen-bond donors (Lipinski definition) is 1. The minimum absolute atomic E-state index is 0.318.